The van der Waals surface area contributed by atoms with Crippen molar-refractivity contribution in [3.63, 3.8) is 0 Å². The van der Waals surface area contributed by atoms with Crippen molar-refractivity contribution in [2.75, 3.05) is 0 Å². The minimum atomic E-state index is -5.29. The molecule has 1 saturated heterocycles. The number of aliphatic hydroxyl groups is 1. The van der Waals surface area contributed by atoms with Gasteiger partial charge in [0, 0.05) is 10.6 Å². The van der Waals surface area contributed by atoms with Gasteiger partial charge in [0.2, 0.25) is 5.72 Å². The molecule has 28 heavy (non-hydrogen) atoms. The number of alkyl halides is 3. The number of carbonyl (C=O) groups is 2. The van der Waals surface area contributed by atoms with Crippen LogP contribution in [0.15, 0.2) is 48.5 Å². The van der Waals surface area contributed by atoms with Gasteiger partial charge in [-0.1, -0.05) is 53.6 Å². The molecular weight excluding hydrogens is 397 g/mol. The Balaban J connectivity index is 2.15. The maximum Gasteiger partial charge on any atom is 0.437 e. The number of halogens is 4. The molecule has 9 heteroatoms. The maximum atomic E-state index is 13.8. The number of Topliss-reactive ketones (excluding diaryl/α,β-unsaturated/α-hetero) is 1. The summed E-state index contributed by atoms with van der Waals surface area (Å²) in [5, 5.41) is 14.6. The molecule has 0 unspecified atom stereocenters. The summed E-state index contributed by atoms with van der Waals surface area (Å²) in [6.45, 7) is 1.76. The first kappa shape index (κ1) is 20.2. The highest BCUT2D eigenvalue weighted by molar-refractivity contribution is 6.30. The molecule has 1 fully saturated rings. The van der Waals surface area contributed by atoms with Crippen molar-refractivity contribution in [3.05, 3.63) is 70.2 Å². The van der Waals surface area contributed by atoms with Crippen LogP contribution >= 0.6 is 11.6 Å². The zero-order chi connectivity index (χ0) is 20.7. The molecule has 3 rings (SSSR count). The molecule has 1 aliphatic heterocycles. The first-order valence-electron chi connectivity index (χ1n) is 8.27. The molecule has 3 atom stereocenters. The van der Waals surface area contributed by atoms with Gasteiger partial charge in [-0.3, -0.25) is 4.79 Å². The molecule has 0 saturated carbocycles. The van der Waals surface area contributed by atoms with E-state index in [-0.39, 0.29) is 11.1 Å². The highest BCUT2D eigenvalue weighted by Gasteiger charge is 2.66. The van der Waals surface area contributed by atoms with Crippen molar-refractivity contribution in [1.82, 2.24) is 10.6 Å². The van der Waals surface area contributed by atoms with Gasteiger partial charge in [-0.15, -0.1) is 0 Å². The van der Waals surface area contributed by atoms with Gasteiger partial charge in [-0.2, -0.15) is 13.2 Å². The van der Waals surface area contributed by atoms with Crippen molar-refractivity contribution < 1.29 is 27.9 Å². The van der Waals surface area contributed by atoms with Gasteiger partial charge < -0.3 is 15.7 Å². The van der Waals surface area contributed by atoms with E-state index in [1.165, 1.54) is 41.7 Å². The minimum Gasteiger partial charge on any atom is -0.363 e. The molecule has 2 aromatic rings. The van der Waals surface area contributed by atoms with Gasteiger partial charge in [-0.05, 0) is 24.6 Å². The molecule has 0 aliphatic carbocycles. The van der Waals surface area contributed by atoms with Crippen molar-refractivity contribution in [1.29, 1.82) is 0 Å². The number of carbonyl (C=O) groups excluding carboxylic acids is 2. The number of hydrogen-bond acceptors (Lipinski definition) is 3. The fourth-order valence-corrected chi connectivity index (χ4v) is 3.31. The molecule has 0 bridgehead atoms. The lowest BCUT2D eigenvalue weighted by atomic mass is 9.77. The zero-order valence-corrected chi connectivity index (χ0v) is 15.3. The molecule has 1 aliphatic rings. The fourth-order valence-electron chi connectivity index (χ4n) is 3.18. The molecule has 5 nitrogen and oxygen atoms in total. The molecule has 1 heterocycles. The number of urea groups is 1. The van der Waals surface area contributed by atoms with Crippen molar-refractivity contribution in [2.24, 2.45) is 5.92 Å². The lowest BCUT2D eigenvalue weighted by Gasteiger charge is -2.45. The third kappa shape index (κ3) is 3.57. The second kappa shape index (κ2) is 7.10. The van der Waals surface area contributed by atoms with Crippen LogP contribution in [0.5, 0.6) is 0 Å². The van der Waals surface area contributed by atoms with Crippen molar-refractivity contribution in [2.45, 2.75) is 24.9 Å². The highest BCUT2D eigenvalue weighted by Crippen LogP contribution is 2.44. The number of rotatable bonds is 3. The van der Waals surface area contributed by atoms with E-state index in [1.807, 2.05) is 0 Å². The summed E-state index contributed by atoms with van der Waals surface area (Å²) in [5.74, 6) is -3.03. The second-order valence-electron chi connectivity index (χ2n) is 6.60. The summed E-state index contributed by atoms with van der Waals surface area (Å²) in [7, 11) is 0. The van der Waals surface area contributed by atoms with Gasteiger partial charge >= 0.3 is 12.2 Å². The van der Waals surface area contributed by atoms with E-state index in [0.717, 1.165) is 5.56 Å². The van der Waals surface area contributed by atoms with Crippen LogP contribution in [0.25, 0.3) is 0 Å². The zero-order valence-electron chi connectivity index (χ0n) is 14.5. The lowest BCUT2D eigenvalue weighted by molar-refractivity contribution is -0.287. The summed E-state index contributed by atoms with van der Waals surface area (Å²) in [6, 6.07) is 8.87. The van der Waals surface area contributed by atoms with E-state index < -0.39 is 35.7 Å². The van der Waals surface area contributed by atoms with Crippen LogP contribution in [0.2, 0.25) is 5.02 Å². The Kier molecular flexibility index (Phi) is 5.12. The van der Waals surface area contributed by atoms with Crippen LogP contribution in [-0.4, -0.2) is 28.8 Å². The number of nitrogens with one attached hydrogen (secondary N) is 2. The third-order valence-corrected chi connectivity index (χ3v) is 4.91. The molecule has 2 aromatic carbocycles. The van der Waals surface area contributed by atoms with Crippen LogP contribution in [0.1, 0.15) is 27.5 Å². The lowest BCUT2D eigenvalue weighted by Crippen LogP contribution is -2.72. The second-order valence-corrected chi connectivity index (χ2v) is 7.04. The average Bonchev–Trinajstić information content (AvgIpc) is 2.61. The number of amides is 2. The number of ketones is 1. The van der Waals surface area contributed by atoms with E-state index in [4.69, 9.17) is 11.6 Å². The molecule has 0 spiro atoms. The fraction of sp³-hybridized carbons (Fsp3) is 0.263. The minimum absolute atomic E-state index is 0.0183. The van der Waals surface area contributed by atoms with Crippen LogP contribution in [0.4, 0.5) is 18.0 Å². The number of benzene rings is 2. The summed E-state index contributed by atoms with van der Waals surface area (Å²) in [4.78, 5) is 25.0. The average molecular weight is 413 g/mol. The summed E-state index contributed by atoms with van der Waals surface area (Å²) < 4.78 is 41.3. The quantitative estimate of drug-likeness (QED) is 0.672. The first-order chi connectivity index (χ1) is 13.0. The summed E-state index contributed by atoms with van der Waals surface area (Å²) in [6.07, 6.45) is -5.29. The van der Waals surface area contributed by atoms with Crippen molar-refractivity contribution >= 4 is 23.4 Å². The SMILES string of the molecule is Cc1ccc(C(=O)[C@@H]2[C@@H](c3ccc(Cl)cc3)NC(=O)N[C@@]2(O)C(F)(F)F)cc1. The van der Waals surface area contributed by atoms with E-state index in [1.54, 1.807) is 19.1 Å². The Morgan fingerprint density at radius 3 is 2.21 bits per heavy atom. The van der Waals surface area contributed by atoms with Gasteiger partial charge in [0.1, 0.15) is 5.92 Å². The molecule has 0 aromatic heterocycles. The summed E-state index contributed by atoms with van der Waals surface area (Å²) in [5.41, 5.74) is -2.75. The van der Waals surface area contributed by atoms with E-state index in [9.17, 15) is 27.9 Å². The molecule has 3 N–H and O–H groups in total. The topological polar surface area (TPSA) is 78.4 Å². The summed E-state index contributed by atoms with van der Waals surface area (Å²) >= 11 is 5.82. The van der Waals surface area contributed by atoms with Crippen molar-refractivity contribution in [3.8, 4) is 0 Å². The Morgan fingerprint density at radius 2 is 1.68 bits per heavy atom. The predicted molar refractivity (Wildman–Crippen MR) is 95.9 cm³/mol. The van der Waals surface area contributed by atoms with Crippen LogP contribution < -0.4 is 10.6 Å². The van der Waals surface area contributed by atoms with E-state index in [2.05, 4.69) is 5.32 Å². The van der Waals surface area contributed by atoms with E-state index in [0.29, 0.717) is 5.02 Å². The molecule has 0 radical (unpaired) electrons. The normalized spacial score (nSPS) is 25.0. The monoisotopic (exact) mass is 412 g/mol. The Labute approximate surface area is 163 Å². The molecular formula is C19H16ClF3N2O3. The smallest absolute Gasteiger partial charge is 0.363 e. The van der Waals surface area contributed by atoms with Crippen LogP contribution in [-0.2, 0) is 0 Å². The third-order valence-electron chi connectivity index (χ3n) is 4.65. The Morgan fingerprint density at radius 1 is 1.11 bits per heavy atom. The van der Waals surface area contributed by atoms with Gasteiger partial charge in [0.25, 0.3) is 0 Å². The number of aryl methyl sites for hydroxylation is 1. The largest absolute Gasteiger partial charge is 0.437 e. The highest BCUT2D eigenvalue weighted by atomic mass is 35.5. The predicted octanol–water partition coefficient (Wildman–Crippen LogP) is 3.75. The van der Waals surface area contributed by atoms with Crippen LogP contribution in [0.3, 0.4) is 0 Å². The Hall–Kier alpha value is -2.58. The van der Waals surface area contributed by atoms with Gasteiger partial charge in [-0.25, -0.2) is 4.79 Å². The van der Waals surface area contributed by atoms with Gasteiger partial charge in [0.15, 0.2) is 5.78 Å². The van der Waals surface area contributed by atoms with Gasteiger partial charge in [0.05, 0.1) is 6.04 Å². The standard InChI is InChI=1S/C19H16ClF3N2O3/c1-10-2-4-12(5-3-10)16(26)14-15(11-6-8-13(20)9-7-11)24-17(27)25-18(14,28)19(21,22)23/h2-9,14-15,28H,1H3,(H2,24,25,27)/t14-,15+,18-/m0/s1. The molecule has 2 amide bonds. The number of hydrogen-bond donors (Lipinski definition) is 3. The Bertz CT molecular complexity index is 900. The maximum absolute atomic E-state index is 13.8. The first-order valence-corrected chi connectivity index (χ1v) is 8.65. The van der Waals surface area contributed by atoms with Crippen LogP contribution in [0, 0.1) is 12.8 Å². The molecule has 148 valence electrons. The van der Waals surface area contributed by atoms with E-state index >= 15 is 0 Å².